The molecule has 2 aromatic rings. The Labute approximate surface area is 143 Å². The highest BCUT2D eigenvalue weighted by Crippen LogP contribution is 2.17. The third-order valence-electron chi connectivity index (χ3n) is 4.32. The predicted octanol–water partition coefficient (Wildman–Crippen LogP) is 2.57. The summed E-state index contributed by atoms with van der Waals surface area (Å²) in [5, 5.41) is 3.35. The van der Waals surface area contributed by atoms with E-state index in [0.29, 0.717) is 12.4 Å². The molecule has 0 amide bonds. The minimum Gasteiger partial charge on any atom is -0.473 e. The van der Waals surface area contributed by atoms with E-state index in [0.717, 1.165) is 48.7 Å². The summed E-state index contributed by atoms with van der Waals surface area (Å²) in [4.78, 5) is 15.6. The van der Waals surface area contributed by atoms with Crippen molar-refractivity contribution in [2.75, 3.05) is 25.5 Å². The van der Waals surface area contributed by atoms with E-state index in [1.807, 2.05) is 26.0 Å². The molecule has 6 nitrogen and oxygen atoms in total. The lowest BCUT2D eigenvalue weighted by Crippen LogP contribution is -2.35. The summed E-state index contributed by atoms with van der Waals surface area (Å²) in [6, 6.07) is 4.04. The molecule has 0 bridgehead atoms. The van der Waals surface area contributed by atoms with E-state index in [-0.39, 0.29) is 6.10 Å². The summed E-state index contributed by atoms with van der Waals surface area (Å²) in [5.74, 6) is 0.612. The van der Waals surface area contributed by atoms with Gasteiger partial charge in [-0.25, -0.2) is 4.98 Å². The molecule has 1 N–H and O–H groups in total. The number of anilines is 1. The fourth-order valence-corrected chi connectivity index (χ4v) is 2.83. The summed E-state index contributed by atoms with van der Waals surface area (Å²) >= 11 is 0. The van der Waals surface area contributed by atoms with Gasteiger partial charge < -0.3 is 15.0 Å². The van der Waals surface area contributed by atoms with Crippen LogP contribution in [0.4, 0.5) is 5.69 Å². The second kappa shape index (κ2) is 7.57. The standard InChI is InChI=1S/C18H25N5O/c1-13-4-5-17(14(2)22-13)20-10-15-11-21-18(12-19-15)24-16-6-8-23(3)9-7-16/h4-5,11-12,16,20H,6-10H2,1-3H3. The van der Waals surface area contributed by atoms with Crippen LogP contribution in [0.25, 0.3) is 0 Å². The lowest BCUT2D eigenvalue weighted by molar-refractivity contribution is 0.109. The van der Waals surface area contributed by atoms with Gasteiger partial charge in [-0.1, -0.05) is 0 Å². The van der Waals surface area contributed by atoms with Gasteiger partial charge in [0.1, 0.15) is 6.10 Å². The van der Waals surface area contributed by atoms with Crippen molar-refractivity contribution in [1.82, 2.24) is 19.9 Å². The first kappa shape index (κ1) is 16.6. The van der Waals surface area contributed by atoms with Crippen LogP contribution in [0.3, 0.4) is 0 Å². The van der Waals surface area contributed by atoms with E-state index in [2.05, 4.69) is 32.2 Å². The molecule has 0 radical (unpaired) electrons. The first-order valence-electron chi connectivity index (χ1n) is 8.44. The van der Waals surface area contributed by atoms with Crippen molar-refractivity contribution in [1.29, 1.82) is 0 Å². The topological polar surface area (TPSA) is 63.2 Å². The summed E-state index contributed by atoms with van der Waals surface area (Å²) < 4.78 is 5.92. The van der Waals surface area contributed by atoms with Crippen molar-refractivity contribution < 1.29 is 4.74 Å². The Morgan fingerprint density at radius 3 is 2.62 bits per heavy atom. The van der Waals surface area contributed by atoms with Crippen molar-refractivity contribution >= 4 is 5.69 Å². The molecule has 1 aliphatic heterocycles. The van der Waals surface area contributed by atoms with Crippen LogP contribution in [0.1, 0.15) is 29.9 Å². The van der Waals surface area contributed by atoms with Gasteiger partial charge in [0.05, 0.1) is 36.0 Å². The van der Waals surface area contributed by atoms with Crippen molar-refractivity contribution in [3.63, 3.8) is 0 Å². The number of pyridine rings is 1. The molecular weight excluding hydrogens is 302 g/mol. The number of nitrogens with one attached hydrogen (secondary N) is 1. The second-order valence-electron chi connectivity index (χ2n) is 6.41. The number of hydrogen-bond acceptors (Lipinski definition) is 6. The van der Waals surface area contributed by atoms with Gasteiger partial charge in [0.2, 0.25) is 5.88 Å². The van der Waals surface area contributed by atoms with Crippen LogP contribution in [-0.4, -0.2) is 46.1 Å². The minimum atomic E-state index is 0.251. The molecule has 0 aromatic carbocycles. The maximum absolute atomic E-state index is 5.92. The maximum Gasteiger partial charge on any atom is 0.232 e. The largest absolute Gasteiger partial charge is 0.473 e. The van der Waals surface area contributed by atoms with Crippen LogP contribution in [0.2, 0.25) is 0 Å². The Bertz CT molecular complexity index is 666. The average molecular weight is 327 g/mol. The molecule has 0 saturated carbocycles. The highest BCUT2D eigenvalue weighted by atomic mass is 16.5. The molecule has 24 heavy (non-hydrogen) atoms. The van der Waals surface area contributed by atoms with E-state index < -0.39 is 0 Å². The molecule has 1 aliphatic rings. The molecule has 0 atom stereocenters. The van der Waals surface area contributed by atoms with Gasteiger partial charge in [-0.3, -0.25) is 9.97 Å². The fraction of sp³-hybridized carbons (Fsp3) is 0.500. The zero-order chi connectivity index (χ0) is 16.9. The normalized spacial score (nSPS) is 16.1. The summed E-state index contributed by atoms with van der Waals surface area (Å²) in [5.41, 5.74) is 3.91. The van der Waals surface area contributed by atoms with E-state index in [1.54, 1.807) is 12.4 Å². The number of hydrogen-bond donors (Lipinski definition) is 1. The van der Waals surface area contributed by atoms with E-state index >= 15 is 0 Å². The van der Waals surface area contributed by atoms with Crippen LogP contribution < -0.4 is 10.1 Å². The summed E-state index contributed by atoms with van der Waals surface area (Å²) in [7, 11) is 2.14. The van der Waals surface area contributed by atoms with Gasteiger partial charge in [0.15, 0.2) is 0 Å². The fourth-order valence-electron chi connectivity index (χ4n) is 2.83. The number of nitrogens with zero attached hydrogens (tertiary/aromatic N) is 4. The Balaban J connectivity index is 1.52. The van der Waals surface area contributed by atoms with Crippen molar-refractivity contribution in [2.24, 2.45) is 0 Å². The zero-order valence-electron chi connectivity index (χ0n) is 14.6. The highest BCUT2D eigenvalue weighted by molar-refractivity contribution is 5.47. The third kappa shape index (κ3) is 4.41. The maximum atomic E-state index is 5.92. The molecule has 6 heteroatoms. The number of piperidine rings is 1. The molecule has 0 aliphatic carbocycles. The van der Waals surface area contributed by atoms with E-state index in [4.69, 9.17) is 4.74 Å². The van der Waals surface area contributed by atoms with Crippen molar-refractivity contribution in [3.8, 4) is 5.88 Å². The number of aromatic nitrogens is 3. The number of aryl methyl sites for hydroxylation is 2. The molecule has 3 rings (SSSR count). The third-order valence-corrected chi connectivity index (χ3v) is 4.32. The lowest BCUT2D eigenvalue weighted by Gasteiger charge is -2.28. The molecule has 2 aromatic heterocycles. The molecule has 128 valence electrons. The van der Waals surface area contributed by atoms with Gasteiger partial charge in [0.25, 0.3) is 0 Å². The number of rotatable bonds is 5. The van der Waals surface area contributed by atoms with E-state index in [9.17, 15) is 0 Å². The molecule has 1 fully saturated rings. The number of likely N-dealkylation sites (tertiary alicyclic amines) is 1. The van der Waals surface area contributed by atoms with E-state index in [1.165, 1.54) is 0 Å². The van der Waals surface area contributed by atoms with Crippen LogP contribution in [0.5, 0.6) is 5.88 Å². The zero-order valence-corrected chi connectivity index (χ0v) is 14.6. The quantitative estimate of drug-likeness (QED) is 0.911. The predicted molar refractivity (Wildman–Crippen MR) is 94.2 cm³/mol. The van der Waals surface area contributed by atoms with Gasteiger partial charge in [0, 0.05) is 18.8 Å². The van der Waals surface area contributed by atoms with Gasteiger partial charge in [-0.2, -0.15) is 0 Å². The molecular formula is C18H25N5O. The van der Waals surface area contributed by atoms with Gasteiger partial charge in [-0.15, -0.1) is 0 Å². The monoisotopic (exact) mass is 327 g/mol. The average Bonchev–Trinajstić information content (AvgIpc) is 2.57. The van der Waals surface area contributed by atoms with Gasteiger partial charge >= 0.3 is 0 Å². The molecule has 1 saturated heterocycles. The van der Waals surface area contributed by atoms with Crippen LogP contribution in [0, 0.1) is 13.8 Å². The highest BCUT2D eigenvalue weighted by Gasteiger charge is 2.18. The summed E-state index contributed by atoms with van der Waals surface area (Å²) in [6.07, 6.45) is 5.83. The minimum absolute atomic E-state index is 0.251. The molecule has 0 spiro atoms. The Kier molecular flexibility index (Phi) is 5.25. The smallest absolute Gasteiger partial charge is 0.232 e. The van der Waals surface area contributed by atoms with Crippen molar-refractivity contribution in [2.45, 2.75) is 39.3 Å². The Morgan fingerprint density at radius 1 is 1.17 bits per heavy atom. The van der Waals surface area contributed by atoms with Crippen LogP contribution in [0.15, 0.2) is 24.5 Å². The van der Waals surface area contributed by atoms with Crippen LogP contribution in [-0.2, 0) is 6.54 Å². The summed E-state index contributed by atoms with van der Waals surface area (Å²) in [6.45, 7) is 6.76. The Morgan fingerprint density at radius 2 is 1.96 bits per heavy atom. The SMILES string of the molecule is Cc1ccc(NCc2cnc(OC3CCN(C)CC3)cn2)c(C)n1. The lowest BCUT2D eigenvalue weighted by atomic mass is 10.1. The first-order valence-corrected chi connectivity index (χ1v) is 8.44. The molecule has 0 unspecified atom stereocenters. The number of ether oxygens (including phenoxy) is 1. The Hall–Kier alpha value is -2.21. The second-order valence-corrected chi connectivity index (χ2v) is 6.41. The molecule has 3 heterocycles. The first-order chi connectivity index (χ1) is 11.6. The van der Waals surface area contributed by atoms with Crippen molar-refractivity contribution in [3.05, 3.63) is 41.6 Å². The van der Waals surface area contributed by atoms with Crippen LogP contribution >= 0.6 is 0 Å². The van der Waals surface area contributed by atoms with Gasteiger partial charge in [-0.05, 0) is 45.9 Å².